The van der Waals surface area contributed by atoms with Crippen LogP contribution in [0.5, 0.6) is 5.75 Å². The van der Waals surface area contributed by atoms with Gasteiger partial charge in [-0.1, -0.05) is 29.9 Å². The molecule has 0 saturated heterocycles. The molecule has 0 aliphatic carbocycles. The third-order valence-corrected chi connectivity index (χ3v) is 7.58. The van der Waals surface area contributed by atoms with E-state index in [1.807, 2.05) is 6.20 Å². The Bertz CT molecular complexity index is 1830. The predicted octanol–water partition coefficient (Wildman–Crippen LogP) is 6.19. The molecule has 0 bridgehead atoms. The Kier molecular flexibility index (Phi) is 7.58. The molecule has 41 heavy (non-hydrogen) atoms. The SMILES string of the molecule is CCC(C(=O)Nc1ccc2nn(C)cc2c1)n1cc(OC)c(-c2cc(Cl)ccc2-c2nnc(C(F)(F)F)s2)cc1=O. The molecule has 14 heteroatoms. The minimum absolute atomic E-state index is 0.00776. The van der Waals surface area contributed by atoms with Gasteiger partial charge in [0.05, 0.1) is 18.8 Å². The van der Waals surface area contributed by atoms with E-state index in [1.165, 1.54) is 42.1 Å². The summed E-state index contributed by atoms with van der Waals surface area (Å²) in [7, 11) is 3.18. The topological polar surface area (TPSA) is 104 Å². The van der Waals surface area contributed by atoms with Crippen LogP contribution in [0.25, 0.3) is 32.6 Å². The molecule has 0 saturated carbocycles. The predicted molar refractivity (Wildman–Crippen MR) is 150 cm³/mol. The normalized spacial score (nSPS) is 12.5. The van der Waals surface area contributed by atoms with Gasteiger partial charge in [-0.05, 0) is 48.4 Å². The lowest BCUT2D eigenvalue weighted by molar-refractivity contribution is -0.138. The largest absolute Gasteiger partial charge is 0.495 e. The van der Waals surface area contributed by atoms with E-state index in [9.17, 15) is 22.8 Å². The number of alkyl halides is 3. The number of carbonyl (C=O) groups excluding carboxylic acids is 1. The molecule has 1 atom stereocenters. The molecular formula is C27H22ClF3N6O3S. The highest BCUT2D eigenvalue weighted by Gasteiger charge is 2.36. The van der Waals surface area contributed by atoms with Crippen LogP contribution in [-0.4, -0.2) is 37.6 Å². The lowest BCUT2D eigenvalue weighted by atomic mass is 9.99. The number of ether oxygens (including phenoxy) is 1. The molecule has 5 aromatic rings. The maximum absolute atomic E-state index is 13.4. The van der Waals surface area contributed by atoms with Crippen LogP contribution < -0.4 is 15.6 Å². The molecule has 3 heterocycles. The van der Waals surface area contributed by atoms with E-state index in [4.69, 9.17) is 16.3 Å². The number of hydrogen-bond donors (Lipinski definition) is 1. The van der Waals surface area contributed by atoms with E-state index in [0.717, 1.165) is 10.9 Å². The number of amides is 1. The number of methoxy groups -OCH3 is 1. The Hall–Kier alpha value is -4.23. The van der Waals surface area contributed by atoms with Gasteiger partial charge in [-0.3, -0.25) is 18.8 Å². The van der Waals surface area contributed by atoms with Crippen molar-refractivity contribution in [2.45, 2.75) is 25.6 Å². The molecule has 0 spiro atoms. The molecule has 2 aromatic carbocycles. The minimum atomic E-state index is -4.65. The molecule has 0 aliphatic heterocycles. The highest BCUT2D eigenvalue weighted by Crippen LogP contribution is 2.41. The van der Waals surface area contributed by atoms with Crippen LogP contribution in [0.2, 0.25) is 5.02 Å². The Labute approximate surface area is 240 Å². The number of carbonyl (C=O) groups is 1. The fourth-order valence-corrected chi connectivity index (χ4v) is 5.40. The summed E-state index contributed by atoms with van der Waals surface area (Å²) in [6.45, 7) is 1.77. The van der Waals surface area contributed by atoms with E-state index in [0.29, 0.717) is 22.6 Å². The van der Waals surface area contributed by atoms with Gasteiger partial charge in [-0.15, -0.1) is 10.2 Å². The lowest BCUT2D eigenvalue weighted by Gasteiger charge is -2.20. The van der Waals surface area contributed by atoms with E-state index < -0.39 is 28.7 Å². The monoisotopic (exact) mass is 602 g/mol. The molecule has 5 rings (SSSR count). The summed E-state index contributed by atoms with van der Waals surface area (Å²) in [6.07, 6.45) is -1.13. The highest BCUT2D eigenvalue weighted by molar-refractivity contribution is 7.14. The van der Waals surface area contributed by atoms with Crippen LogP contribution in [0, 0.1) is 0 Å². The molecular weight excluding hydrogens is 581 g/mol. The average Bonchev–Trinajstić information content (AvgIpc) is 3.56. The maximum Gasteiger partial charge on any atom is 0.445 e. The number of aromatic nitrogens is 5. The zero-order chi connectivity index (χ0) is 29.5. The number of benzene rings is 2. The fourth-order valence-electron chi connectivity index (χ4n) is 4.48. The third-order valence-electron chi connectivity index (χ3n) is 6.35. The standard InChI is InChI=1S/C27H22ClF3N6O3S/c1-4-21(24(39)32-16-6-8-20-14(9-16)12-36(2)35-20)37-13-22(40-3)19(11-23(37)38)18-10-15(28)5-7-17(18)25-33-34-26(41-25)27(29,30)31/h5-13,21H,4H2,1-3H3,(H,32,39). The Morgan fingerprint density at radius 3 is 2.56 bits per heavy atom. The van der Waals surface area contributed by atoms with Gasteiger partial charge in [-0.2, -0.15) is 18.3 Å². The van der Waals surface area contributed by atoms with Crippen LogP contribution in [0.15, 0.2) is 59.7 Å². The third kappa shape index (κ3) is 5.68. The summed E-state index contributed by atoms with van der Waals surface area (Å²) in [6, 6.07) is 10.2. The molecule has 212 valence electrons. The Morgan fingerprint density at radius 1 is 1.10 bits per heavy atom. The molecule has 0 aliphatic rings. The second-order valence-corrected chi connectivity index (χ2v) is 10.5. The van der Waals surface area contributed by atoms with Gasteiger partial charge in [0.1, 0.15) is 16.8 Å². The lowest BCUT2D eigenvalue weighted by Crippen LogP contribution is -2.32. The highest BCUT2D eigenvalue weighted by atomic mass is 35.5. The van der Waals surface area contributed by atoms with Crippen molar-refractivity contribution in [3.63, 3.8) is 0 Å². The van der Waals surface area contributed by atoms with Crippen molar-refractivity contribution < 1.29 is 22.7 Å². The van der Waals surface area contributed by atoms with Crippen molar-refractivity contribution in [1.29, 1.82) is 0 Å². The molecule has 1 N–H and O–H groups in total. The first kappa shape index (κ1) is 28.3. The first-order chi connectivity index (χ1) is 19.5. The van der Waals surface area contributed by atoms with Crippen molar-refractivity contribution in [3.05, 3.63) is 75.2 Å². The van der Waals surface area contributed by atoms with Crippen LogP contribution in [-0.2, 0) is 18.0 Å². The van der Waals surface area contributed by atoms with Gasteiger partial charge in [-0.25, -0.2) is 0 Å². The number of nitrogens with zero attached hydrogens (tertiary/aromatic N) is 5. The van der Waals surface area contributed by atoms with Gasteiger partial charge in [0.25, 0.3) is 5.56 Å². The first-order valence-corrected chi connectivity index (χ1v) is 13.4. The second-order valence-electron chi connectivity index (χ2n) is 9.09. The maximum atomic E-state index is 13.4. The number of aryl methyl sites for hydroxylation is 1. The number of nitrogens with one attached hydrogen (secondary N) is 1. The van der Waals surface area contributed by atoms with Gasteiger partial charge < -0.3 is 10.1 Å². The number of hydrogen-bond acceptors (Lipinski definition) is 7. The summed E-state index contributed by atoms with van der Waals surface area (Å²) in [5.74, 6) is -0.207. The average molecular weight is 603 g/mol. The number of anilines is 1. The molecule has 0 radical (unpaired) electrons. The number of halogens is 4. The van der Waals surface area contributed by atoms with Gasteiger partial charge in [0, 0.05) is 46.5 Å². The van der Waals surface area contributed by atoms with Crippen molar-refractivity contribution >= 4 is 45.4 Å². The zero-order valence-corrected chi connectivity index (χ0v) is 23.4. The quantitative estimate of drug-likeness (QED) is 0.238. The number of fused-ring (bicyclic) bond motifs is 1. The molecule has 3 aromatic heterocycles. The van der Waals surface area contributed by atoms with Crippen molar-refractivity contribution in [2.24, 2.45) is 7.05 Å². The van der Waals surface area contributed by atoms with Crippen LogP contribution >= 0.6 is 22.9 Å². The molecule has 1 unspecified atom stereocenters. The zero-order valence-electron chi connectivity index (χ0n) is 21.9. The van der Waals surface area contributed by atoms with Crippen LogP contribution in [0.1, 0.15) is 24.4 Å². The first-order valence-electron chi connectivity index (χ1n) is 12.2. The Balaban J connectivity index is 1.52. The minimum Gasteiger partial charge on any atom is -0.495 e. The van der Waals surface area contributed by atoms with Gasteiger partial charge in [0.2, 0.25) is 10.9 Å². The van der Waals surface area contributed by atoms with Crippen molar-refractivity contribution in [3.8, 4) is 27.4 Å². The van der Waals surface area contributed by atoms with Crippen LogP contribution in [0.3, 0.4) is 0 Å². The summed E-state index contributed by atoms with van der Waals surface area (Å²) in [4.78, 5) is 26.7. The summed E-state index contributed by atoms with van der Waals surface area (Å²) < 4.78 is 48.1. The summed E-state index contributed by atoms with van der Waals surface area (Å²) in [5.41, 5.74) is 1.68. The summed E-state index contributed by atoms with van der Waals surface area (Å²) in [5, 5.41) is 14.2. The molecule has 1 amide bonds. The number of rotatable bonds is 7. The molecule has 9 nitrogen and oxygen atoms in total. The van der Waals surface area contributed by atoms with E-state index in [1.54, 1.807) is 36.9 Å². The fraction of sp³-hybridized carbons (Fsp3) is 0.222. The van der Waals surface area contributed by atoms with Gasteiger partial charge >= 0.3 is 6.18 Å². The van der Waals surface area contributed by atoms with Gasteiger partial charge in [0.15, 0.2) is 0 Å². The van der Waals surface area contributed by atoms with E-state index in [-0.39, 0.29) is 33.3 Å². The summed E-state index contributed by atoms with van der Waals surface area (Å²) >= 11 is 6.60. The smallest absolute Gasteiger partial charge is 0.445 e. The van der Waals surface area contributed by atoms with E-state index in [2.05, 4.69) is 20.6 Å². The van der Waals surface area contributed by atoms with E-state index >= 15 is 0 Å². The number of pyridine rings is 1. The van der Waals surface area contributed by atoms with Crippen LogP contribution in [0.4, 0.5) is 18.9 Å². The molecule has 0 fully saturated rings. The van der Waals surface area contributed by atoms with Crippen molar-refractivity contribution in [1.82, 2.24) is 24.5 Å². The van der Waals surface area contributed by atoms with Crippen molar-refractivity contribution in [2.75, 3.05) is 12.4 Å². The Morgan fingerprint density at radius 2 is 1.88 bits per heavy atom. The second kappa shape index (κ2) is 11.0.